The summed E-state index contributed by atoms with van der Waals surface area (Å²) in [6.07, 6.45) is 0. The van der Waals surface area contributed by atoms with E-state index in [1.54, 1.807) is 0 Å². The van der Waals surface area contributed by atoms with Gasteiger partial charge in [0.25, 0.3) is 0 Å². The minimum absolute atomic E-state index is 0.542. The van der Waals surface area contributed by atoms with Crippen molar-refractivity contribution in [3.8, 4) is 0 Å². The predicted molar refractivity (Wildman–Crippen MR) is 26.0 cm³/mol. The fourth-order valence-corrected chi connectivity index (χ4v) is 1.83. The maximum absolute atomic E-state index is 10.3. The molecule has 4 heteroatoms. The number of rotatable bonds is 0. The average molecular weight is 166 g/mol. The molecule has 1 radical (unpaired) electrons. The summed E-state index contributed by atoms with van der Waals surface area (Å²) in [5.74, 6) is 0. The Kier molecular flexibility index (Phi) is 2.09. The van der Waals surface area contributed by atoms with Gasteiger partial charge in [-0.15, -0.1) is 0 Å². The molecule has 1 fully saturated rings. The molecule has 0 amide bonds. The molecule has 0 aromatic heterocycles. The molecule has 7 heavy (non-hydrogen) atoms. The van der Waals surface area contributed by atoms with Crippen LogP contribution in [0.2, 0.25) is 5.32 Å². The van der Waals surface area contributed by atoms with Crippen LogP contribution in [0.4, 0.5) is 0 Å². The van der Waals surface area contributed by atoms with Gasteiger partial charge in [0.1, 0.15) is 0 Å². The van der Waals surface area contributed by atoms with E-state index in [-0.39, 0.29) is 0 Å². The van der Waals surface area contributed by atoms with Crippen molar-refractivity contribution in [3.63, 3.8) is 0 Å². The van der Waals surface area contributed by atoms with Gasteiger partial charge in [-0.25, -0.2) is 0 Å². The van der Waals surface area contributed by atoms with E-state index in [1.165, 1.54) is 0 Å². The van der Waals surface area contributed by atoms with E-state index in [9.17, 15) is 5.21 Å². The van der Waals surface area contributed by atoms with Crippen LogP contribution in [-0.2, 0) is 5.21 Å². The summed E-state index contributed by atoms with van der Waals surface area (Å²) in [7, 11) is 0. The standard InChI is InChI=1S/C3H7N2OSe/c6-5-1-2-7-4-3-5/h4H,1-3H2. The summed E-state index contributed by atoms with van der Waals surface area (Å²) in [6.45, 7) is 1.27. The first-order chi connectivity index (χ1) is 3.39. The Hall–Kier alpha value is 0.399. The topological polar surface area (TPSA) is 35.2 Å². The van der Waals surface area contributed by atoms with E-state index >= 15 is 0 Å². The van der Waals surface area contributed by atoms with Gasteiger partial charge in [0.05, 0.1) is 0 Å². The van der Waals surface area contributed by atoms with E-state index in [2.05, 4.69) is 4.33 Å². The zero-order chi connectivity index (χ0) is 5.11. The van der Waals surface area contributed by atoms with Crippen LogP contribution in [0.5, 0.6) is 0 Å². The monoisotopic (exact) mass is 167 g/mol. The van der Waals surface area contributed by atoms with Gasteiger partial charge < -0.3 is 0 Å². The maximum atomic E-state index is 10.3. The zero-order valence-corrected chi connectivity index (χ0v) is 5.60. The molecule has 0 bridgehead atoms. The molecule has 0 aliphatic carbocycles. The third kappa shape index (κ3) is 1.76. The van der Waals surface area contributed by atoms with Gasteiger partial charge in [-0.3, -0.25) is 0 Å². The fraction of sp³-hybridized carbons (Fsp3) is 1.00. The van der Waals surface area contributed by atoms with Gasteiger partial charge in [0.2, 0.25) is 0 Å². The van der Waals surface area contributed by atoms with E-state index in [1.807, 2.05) is 0 Å². The third-order valence-corrected chi connectivity index (χ3v) is 2.30. The Morgan fingerprint density at radius 3 is 2.86 bits per heavy atom. The van der Waals surface area contributed by atoms with Crippen molar-refractivity contribution in [3.05, 3.63) is 0 Å². The summed E-state index contributed by atoms with van der Waals surface area (Å²) in [6, 6.07) is 0. The first kappa shape index (κ1) is 5.53. The molecule has 1 rings (SSSR count). The van der Waals surface area contributed by atoms with Crippen molar-refractivity contribution in [1.29, 1.82) is 0 Å². The van der Waals surface area contributed by atoms with Crippen molar-refractivity contribution in [2.24, 2.45) is 0 Å². The summed E-state index contributed by atoms with van der Waals surface area (Å²) < 4.78 is 3.01. The molecule has 1 heterocycles. The molecule has 0 aromatic rings. The molecule has 0 atom stereocenters. The van der Waals surface area contributed by atoms with Crippen LogP contribution in [0.25, 0.3) is 0 Å². The fourth-order valence-electron chi connectivity index (χ4n) is 0.416. The average Bonchev–Trinajstić information content (AvgIpc) is 1.69. The van der Waals surface area contributed by atoms with Gasteiger partial charge in [0.15, 0.2) is 0 Å². The number of hydrogen-bond donors (Lipinski definition) is 1. The summed E-state index contributed by atoms with van der Waals surface area (Å²) in [5, 5.41) is 12.4. The summed E-state index contributed by atoms with van der Waals surface area (Å²) in [4.78, 5) is 0. The second-order valence-electron chi connectivity index (χ2n) is 1.36. The van der Waals surface area contributed by atoms with Crippen LogP contribution in [-0.4, -0.2) is 33.5 Å². The molecule has 1 saturated heterocycles. The van der Waals surface area contributed by atoms with Crippen molar-refractivity contribution in [2.45, 2.75) is 5.32 Å². The van der Waals surface area contributed by atoms with Gasteiger partial charge in [-0.2, -0.15) is 0 Å². The number of hydrogen-bond acceptors (Lipinski definition) is 2. The van der Waals surface area contributed by atoms with Crippen molar-refractivity contribution in [1.82, 2.24) is 9.40 Å². The van der Waals surface area contributed by atoms with Crippen molar-refractivity contribution >= 4 is 15.2 Å². The Morgan fingerprint density at radius 2 is 2.57 bits per heavy atom. The van der Waals surface area contributed by atoms with Gasteiger partial charge in [0, 0.05) is 0 Å². The predicted octanol–water partition coefficient (Wildman–Crippen LogP) is -0.768. The number of hydroxylamine groups is 2. The molecule has 0 aromatic carbocycles. The van der Waals surface area contributed by atoms with E-state index in [4.69, 9.17) is 0 Å². The minimum atomic E-state index is 0.542. The van der Waals surface area contributed by atoms with Gasteiger partial charge in [-0.1, -0.05) is 0 Å². The number of nitrogens with zero attached hydrogens (tertiary/aromatic N) is 1. The summed E-state index contributed by atoms with van der Waals surface area (Å²) >= 11 is 0.543. The molecule has 1 N–H and O–H groups in total. The van der Waals surface area contributed by atoms with Crippen molar-refractivity contribution < 1.29 is 5.21 Å². The van der Waals surface area contributed by atoms with Crippen LogP contribution in [0.3, 0.4) is 0 Å². The molecular formula is C3H7N2OSe. The van der Waals surface area contributed by atoms with Crippen molar-refractivity contribution in [2.75, 3.05) is 13.2 Å². The van der Waals surface area contributed by atoms with E-state index in [0.717, 1.165) is 16.9 Å². The van der Waals surface area contributed by atoms with Crippen LogP contribution >= 0.6 is 0 Å². The molecule has 0 spiro atoms. The van der Waals surface area contributed by atoms with E-state index < -0.39 is 0 Å². The van der Waals surface area contributed by atoms with E-state index in [0.29, 0.717) is 21.8 Å². The third-order valence-electron chi connectivity index (χ3n) is 0.786. The SMILES string of the molecule is [O]N1CC[Se]NC1. The van der Waals surface area contributed by atoms with Crippen LogP contribution in [0.1, 0.15) is 0 Å². The van der Waals surface area contributed by atoms with Crippen LogP contribution in [0, 0.1) is 0 Å². The van der Waals surface area contributed by atoms with Crippen LogP contribution in [0.15, 0.2) is 0 Å². The molecular weight excluding hydrogens is 159 g/mol. The number of nitrogens with one attached hydrogen (secondary N) is 1. The normalized spacial score (nSPS) is 25.3. The first-order valence-electron chi connectivity index (χ1n) is 2.16. The Bertz CT molecular complexity index is 54.9. The quantitative estimate of drug-likeness (QED) is 0.479. The first-order valence-corrected chi connectivity index (χ1v) is 4.23. The summed E-state index contributed by atoms with van der Waals surface area (Å²) in [5.41, 5.74) is 0. The Balaban J connectivity index is 2.12. The Labute approximate surface area is 49.0 Å². The van der Waals surface area contributed by atoms with Gasteiger partial charge in [-0.05, 0) is 0 Å². The van der Waals surface area contributed by atoms with Crippen LogP contribution < -0.4 is 4.33 Å². The second-order valence-corrected chi connectivity index (χ2v) is 3.42. The Morgan fingerprint density at radius 1 is 1.71 bits per heavy atom. The molecule has 1 aliphatic heterocycles. The molecule has 41 valence electrons. The molecule has 0 saturated carbocycles. The molecule has 1 aliphatic rings. The zero-order valence-electron chi connectivity index (χ0n) is 3.89. The van der Waals surface area contributed by atoms with Gasteiger partial charge >= 0.3 is 48.3 Å². The molecule has 0 unspecified atom stereocenters. The molecule has 3 nitrogen and oxygen atoms in total. The second kappa shape index (κ2) is 2.64.